The smallest absolute Gasteiger partial charge is 0.127 e. The van der Waals surface area contributed by atoms with Crippen LogP contribution in [-0.2, 0) is 6.54 Å². The molecule has 0 atom stereocenters. The summed E-state index contributed by atoms with van der Waals surface area (Å²) >= 11 is 3.46. The molecular formula is C11H12BrN3. The molecule has 0 spiro atoms. The minimum Gasteiger partial charge on any atom is -0.324 e. The van der Waals surface area contributed by atoms with Crippen molar-refractivity contribution in [3.8, 4) is 5.69 Å². The number of rotatable bonds is 2. The van der Waals surface area contributed by atoms with Gasteiger partial charge in [0, 0.05) is 5.69 Å². The van der Waals surface area contributed by atoms with Crippen molar-refractivity contribution in [3.05, 3.63) is 46.5 Å². The Morgan fingerprint density at radius 3 is 2.93 bits per heavy atom. The molecule has 0 fully saturated rings. The SMILES string of the molecule is Cc1cccc(-n2c(Br)cnc2CN)c1. The first-order valence-electron chi connectivity index (χ1n) is 4.71. The number of hydrogen-bond acceptors (Lipinski definition) is 2. The molecule has 1 heterocycles. The van der Waals surface area contributed by atoms with Crippen molar-refractivity contribution < 1.29 is 0 Å². The molecule has 3 nitrogen and oxygen atoms in total. The van der Waals surface area contributed by atoms with Crippen LogP contribution in [0.5, 0.6) is 0 Å². The third-order valence-corrected chi connectivity index (χ3v) is 2.79. The van der Waals surface area contributed by atoms with Gasteiger partial charge in [0.15, 0.2) is 0 Å². The van der Waals surface area contributed by atoms with Crippen LogP contribution in [0.4, 0.5) is 0 Å². The first-order chi connectivity index (χ1) is 7.22. The van der Waals surface area contributed by atoms with Gasteiger partial charge in [0.1, 0.15) is 10.4 Å². The average molecular weight is 266 g/mol. The summed E-state index contributed by atoms with van der Waals surface area (Å²) < 4.78 is 2.93. The van der Waals surface area contributed by atoms with Gasteiger partial charge in [-0.15, -0.1) is 0 Å². The molecule has 4 heteroatoms. The van der Waals surface area contributed by atoms with Gasteiger partial charge in [-0.2, -0.15) is 0 Å². The van der Waals surface area contributed by atoms with E-state index in [1.54, 1.807) is 6.20 Å². The topological polar surface area (TPSA) is 43.8 Å². The monoisotopic (exact) mass is 265 g/mol. The van der Waals surface area contributed by atoms with Crippen molar-refractivity contribution in [2.24, 2.45) is 5.73 Å². The highest BCUT2D eigenvalue weighted by atomic mass is 79.9. The van der Waals surface area contributed by atoms with E-state index in [4.69, 9.17) is 5.73 Å². The van der Waals surface area contributed by atoms with Crippen LogP contribution in [-0.4, -0.2) is 9.55 Å². The summed E-state index contributed by atoms with van der Waals surface area (Å²) in [5.41, 5.74) is 7.94. The molecule has 1 aromatic heterocycles. The van der Waals surface area contributed by atoms with Gasteiger partial charge in [0.25, 0.3) is 0 Å². The number of aromatic nitrogens is 2. The van der Waals surface area contributed by atoms with Crippen LogP contribution < -0.4 is 5.73 Å². The molecule has 2 rings (SSSR count). The summed E-state index contributed by atoms with van der Waals surface area (Å²) in [6.45, 7) is 2.50. The number of imidazole rings is 1. The minimum absolute atomic E-state index is 0.430. The number of hydrogen-bond donors (Lipinski definition) is 1. The zero-order valence-electron chi connectivity index (χ0n) is 8.44. The van der Waals surface area contributed by atoms with Crippen molar-refractivity contribution in [1.29, 1.82) is 0 Å². The van der Waals surface area contributed by atoms with Gasteiger partial charge in [0.2, 0.25) is 0 Å². The first-order valence-corrected chi connectivity index (χ1v) is 5.51. The molecule has 2 N–H and O–H groups in total. The highest BCUT2D eigenvalue weighted by Crippen LogP contribution is 2.20. The van der Waals surface area contributed by atoms with E-state index in [0.717, 1.165) is 16.1 Å². The summed E-state index contributed by atoms with van der Waals surface area (Å²) in [5.74, 6) is 0.854. The molecule has 0 saturated carbocycles. The second-order valence-corrected chi connectivity index (χ2v) is 4.19. The van der Waals surface area contributed by atoms with E-state index in [0.29, 0.717) is 6.54 Å². The maximum atomic E-state index is 5.64. The standard InChI is InChI=1S/C11H12BrN3/c1-8-3-2-4-9(5-8)15-10(12)7-14-11(15)6-13/h2-5,7H,6,13H2,1H3. The lowest BCUT2D eigenvalue weighted by Crippen LogP contribution is -2.07. The van der Waals surface area contributed by atoms with Gasteiger partial charge < -0.3 is 5.73 Å². The third kappa shape index (κ3) is 1.96. The Labute approximate surface area is 97.1 Å². The van der Waals surface area contributed by atoms with Crippen LogP contribution >= 0.6 is 15.9 Å². The first kappa shape index (κ1) is 10.4. The Morgan fingerprint density at radius 2 is 2.27 bits per heavy atom. The van der Waals surface area contributed by atoms with E-state index >= 15 is 0 Å². The zero-order valence-corrected chi connectivity index (χ0v) is 10.0. The lowest BCUT2D eigenvalue weighted by Gasteiger charge is -2.08. The predicted molar refractivity (Wildman–Crippen MR) is 63.9 cm³/mol. The fourth-order valence-electron chi connectivity index (χ4n) is 1.55. The van der Waals surface area contributed by atoms with Crippen molar-refractivity contribution in [1.82, 2.24) is 9.55 Å². The van der Waals surface area contributed by atoms with E-state index in [-0.39, 0.29) is 0 Å². The van der Waals surface area contributed by atoms with E-state index < -0.39 is 0 Å². The van der Waals surface area contributed by atoms with E-state index in [9.17, 15) is 0 Å². The molecule has 2 aromatic rings. The maximum absolute atomic E-state index is 5.64. The Balaban J connectivity index is 2.57. The molecule has 0 unspecified atom stereocenters. The molecule has 0 aliphatic heterocycles. The highest BCUT2D eigenvalue weighted by molar-refractivity contribution is 9.10. The fraction of sp³-hybridized carbons (Fsp3) is 0.182. The van der Waals surface area contributed by atoms with Gasteiger partial charge in [-0.05, 0) is 40.5 Å². The van der Waals surface area contributed by atoms with Crippen LogP contribution in [0, 0.1) is 6.92 Å². The average Bonchev–Trinajstić information content (AvgIpc) is 2.59. The highest BCUT2D eigenvalue weighted by Gasteiger charge is 2.07. The van der Waals surface area contributed by atoms with Gasteiger partial charge >= 0.3 is 0 Å². The summed E-state index contributed by atoms with van der Waals surface area (Å²) in [5, 5.41) is 0. The van der Waals surface area contributed by atoms with Crippen LogP contribution in [0.1, 0.15) is 11.4 Å². The summed E-state index contributed by atoms with van der Waals surface area (Å²) in [7, 11) is 0. The van der Waals surface area contributed by atoms with E-state index in [1.165, 1.54) is 5.56 Å². The lowest BCUT2D eigenvalue weighted by atomic mass is 10.2. The predicted octanol–water partition coefficient (Wildman–Crippen LogP) is 2.40. The number of nitrogens with zero attached hydrogens (tertiary/aromatic N) is 2. The molecule has 0 radical (unpaired) electrons. The number of nitrogens with two attached hydrogens (primary N) is 1. The van der Waals surface area contributed by atoms with Crippen molar-refractivity contribution in [2.45, 2.75) is 13.5 Å². The Kier molecular flexibility index (Phi) is 2.88. The van der Waals surface area contributed by atoms with Crippen molar-refractivity contribution in [2.75, 3.05) is 0 Å². The number of aryl methyl sites for hydroxylation is 1. The summed E-state index contributed by atoms with van der Waals surface area (Å²) in [6.07, 6.45) is 1.77. The van der Waals surface area contributed by atoms with E-state index in [2.05, 4.69) is 40.0 Å². The summed E-state index contributed by atoms with van der Waals surface area (Å²) in [6, 6.07) is 8.23. The van der Waals surface area contributed by atoms with Crippen LogP contribution in [0.3, 0.4) is 0 Å². The molecule has 0 amide bonds. The van der Waals surface area contributed by atoms with E-state index in [1.807, 2.05) is 16.7 Å². The normalized spacial score (nSPS) is 10.6. The summed E-state index contributed by atoms with van der Waals surface area (Å²) in [4.78, 5) is 4.23. The second-order valence-electron chi connectivity index (χ2n) is 3.38. The minimum atomic E-state index is 0.430. The molecule has 0 saturated heterocycles. The van der Waals surface area contributed by atoms with Gasteiger partial charge in [-0.3, -0.25) is 4.57 Å². The van der Waals surface area contributed by atoms with Gasteiger partial charge in [-0.1, -0.05) is 12.1 Å². The van der Waals surface area contributed by atoms with Gasteiger partial charge in [-0.25, -0.2) is 4.98 Å². The molecule has 78 valence electrons. The quantitative estimate of drug-likeness (QED) is 0.907. The van der Waals surface area contributed by atoms with Gasteiger partial charge in [0.05, 0.1) is 12.7 Å². The molecule has 1 aromatic carbocycles. The van der Waals surface area contributed by atoms with Crippen molar-refractivity contribution >= 4 is 15.9 Å². The molecule has 0 aliphatic carbocycles. The fourth-order valence-corrected chi connectivity index (χ4v) is 2.06. The Hall–Kier alpha value is -1.13. The lowest BCUT2D eigenvalue weighted by molar-refractivity contribution is 0.858. The third-order valence-electron chi connectivity index (χ3n) is 2.23. The number of benzene rings is 1. The van der Waals surface area contributed by atoms with Crippen LogP contribution in [0.2, 0.25) is 0 Å². The maximum Gasteiger partial charge on any atom is 0.127 e. The molecular weight excluding hydrogens is 254 g/mol. The Morgan fingerprint density at radius 1 is 1.47 bits per heavy atom. The molecule has 0 aliphatic rings. The number of halogens is 1. The molecule has 0 bridgehead atoms. The van der Waals surface area contributed by atoms with Crippen molar-refractivity contribution in [3.63, 3.8) is 0 Å². The molecule has 15 heavy (non-hydrogen) atoms. The van der Waals surface area contributed by atoms with Crippen LogP contribution in [0.15, 0.2) is 35.1 Å². The largest absolute Gasteiger partial charge is 0.324 e. The zero-order chi connectivity index (χ0) is 10.8. The Bertz CT molecular complexity index is 476. The second kappa shape index (κ2) is 4.16. The van der Waals surface area contributed by atoms with Crippen LogP contribution in [0.25, 0.3) is 5.69 Å².